The largest absolute Gasteiger partial charge is 0.378 e. The van der Waals surface area contributed by atoms with Crippen LogP contribution in [0.3, 0.4) is 0 Å². The zero-order valence-electron chi connectivity index (χ0n) is 11.7. The van der Waals surface area contributed by atoms with Gasteiger partial charge in [0.2, 0.25) is 0 Å². The first-order valence-corrected chi connectivity index (χ1v) is 6.73. The van der Waals surface area contributed by atoms with E-state index in [1.54, 1.807) is 0 Å². The molecule has 0 radical (unpaired) electrons. The highest BCUT2D eigenvalue weighted by molar-refractivity contribution is 4.81. The average Bonchev–Trinajstić information content (AvgIpc) is 2.14. The number of hydrogen-bond acceptors (Lipinski definition) is 2. The molecule has 0 aromatic carbocycles. The molecule has 1 saturated heterocycles. The van der Waals surface area contributed by atoms with Gasteiger partial charge in [-0.1, -0.05) is 34.6 Å². The van der Waals surface area contributed by atoms with Crippen LogP contribution < -0.4 is 5.32 Å². The molecule has 2 atom stereocenters. The Balaban J connectivity index is 2.44. The summed E-state index contributed by atoms with van der Waals surface area (Å²) in [6, 6.07) is 0.581. The quantitative estimate of drug-likeness (QED) is 0.796. The van der Waals surface area contributed by atoms with Gasteiger partial charge in [0.25, 0.3) is 0 Å². The van der Waals surface area contributed by atoms with Crippen molar-refractivity contribution in [1.82, 2.24) is 5.32 Å². The fourth-order valence-corrected chi connectivity index (χ4v) is 2.35. The molecule has 1 fully saturated rings. The van der Waals surface area contributed by atoms with Crippen LogP contribution >= 0.6 is 0 Å². The molecule has 0 bridgehead atoms. The van der Waals surface area contributed by atoms with Crippen molar-refractivity contribution in [3.8, 4) is 0 Å². The summed E-state index contributed by atoms with van der Waals surface area (Å²) in [5.74, 6) is 0.704. The van der Waals surface area contributed by atoms with Crippen molar-refractivity contribution < 1.29 is 4.74 Å². The van der Waals surface area contributed by atoms with Gasteiger partial charge in [-0.25, -0.2) is 0 Å². The summed E-state index contributed by atoms with van der Waals surface area (Å²) in [5.41, 5.74) is 0.373. The average molecular weight is 227 g/mol. The van der Waals surface area contributed by atoms with Crippen molar-refractivity contribution in [3.63, 3.8) is 0 Å². The first-order chi connectivity index (χ1) is 7.38. The lowest BCUT2D eigenvalue weighted by molar-refractivity contribution is -0.0463. The predicted octanol–water partition coefficient (Wildman–Crippen LogP) is 3.22. The van der Waals surface area contributed by atoms with Crippen LogP contribution in [0.5, 0.6) is 0 Å². The van der Waals surface area contributed by atoms with E-state index in [9.17, 15) is 0 Å². The van der Waals surface area contributed by atoms with Crippen LogP contribution in [0.4, 0.5) is 0 Å². The van der Waals surface area contributed by atoms with Gasteiger partial charge in [0.1, 0.15) is 0 Å². The second-order valence-corrected chi connectivity index (χ2v) is 6.64. The first kappa shape index (κ1) is 14.0. The van der Waals surface area contributed by atoms with Crippen LogP contribution in [0.2, 0.25) is 0 Å². The van der Waals surface area contributed by atoms with Crippen molar-refractivity contribution in [2.75, 3.05) is 13.2 Å². The van der Waals surface area contributed by atoms with E-state index in [-0.39, 0.29) is 0 Å². The van der Waals surface area contributed by atoms with Gasteiger partial charge in [-0.2, -0.15) is 0 Å². The van der Waals surface area contributed by atoms with Gasteiger partial charge >= 0.3 is 0 Å². The summed E-state index contributed by atoms with van der Waals surface area (Å²) in [4.78, 5) is 0. The molecule has 1 aliphatic heterocycles. The smallest absolute Gasteiger partial charge is 0.0620 e. The summed E-state index contributed by atoms with van der Waals surface area (Å²) >= 11 is 0. The lowest BCUT2D eigenvalue weighted by Gasteiger charge is -2.36. The maximum Gasteiger partial charge on any atom is 0.0620 e. The molecule has 0 amide bonds. The summed E-state index contributed by atoms with van der Waals surface area (Å²) < 4.78 is 5.96. The zero-order valence-corrected chi connectivity index (χ0v) is 11.7. The van der Waals surface area contributed by atoms with Gasteiger partial charge in [-0.3, -0.25) is 0 Å². The van der Waals surface area contributed by atoms with E-state index < -0.39 is 0 Å². The summed E-state index contributed by atoms with van der Waals surface area (Å²) in [7, 11) is 0. The molecule has 1 rings (SSSR count). The van der Waals surface area contributed by atoms with Crippen LogP contribution in [-0.4, -0.2) is 25.3 Å². The fourth-order valence-electron chi connectivity index (χ4n) is 2.35. The molecule has 2 heteroatoms. The van der Waals surface area contributed by atoms with Crippen molar-refractivity contribution in [1.29, 1.82) is 0 Å². The minimum atomic E-state index is 0.373. The van der Waals surface area contributed by atoms with E-state index >= 15 is 0 Å². The molecule has 0 aromatic rings. The third kappa shape index (κ3) is 5.31. The van der Waals surface area contributed by atoms with E-state index in [2.05, 4.69) is 39.9 Å². The molecule has 16 heavy (non-hydrogen) atoms. The van der Waals surface area contributed by atoms with Gasteiger partial charge in [0.05, 0.1) is 6.10 Å². The van der Waals surface area contributed by atoms with Crippen molar-refractivity contribution >= 4 is 0 Å². The molecule has 1 aliphatic rings. The minimum Gasteiger partial charge on any atom is -0.378 e. The molecule has 0 aliphatic carbocycles. The number of ether oxygens (including phenoxy) is 1. The number of nitrogens with one attached hydrogen (secondary N) is 1. The van der Waals surface area contributed by atoms with Crippen LogP contribution in [0.25, 0.3) is 0 Å². The molecule has 0 aromatic heterocycles. The summed E-state index contributed by atoms with van der Waals surface area (Å²) in [5, 5.41) is 3.55. The van der Waals surface area contributed by atoms with Crippen molar-refractivity contribution in [2.45, 2.75) is 66.0 Å². The summed E-state index contributed by atoms with van der Waals surface area (Å²) in [6.07, 6.45) is 4.18. The van der Waals surface area contributed by atoms with E-state index in [4.69, 9.17) is 4.74 Å². The Bertz CT molecular complexity index is 195. The maximum absolute atomic E-state index is 5.96. The predicted molar refractivity (Wildman–Crippen MR) is 69.7 cm³/mol. The van der Waals surface area contributed by atoms with Crippen LogP contribution in [0.15, 0.2) is 0 Å². The molecule has 1 heterocycles. The zero-order chi connectivity index (χ0) is 12.2. The Kier molecular flexibility index (Phi) is 5.26. The second kappa shape index (κ2) is 6.02. The van der Waals surface area contributed by atoms with Crippen LogP contribution in [0.1, 0.15) is 53.9 Å². The van der Waals surface area contributed by atoms with Gasteiger partial charge in [0, 0.05) is 19.2 Å². The van der Waals surface area contributed by atoms with Gasteiger partial charge in [0.15, 0.2) is 0 Å². The van der Waals surface area contributed by atoms with E-state index in [1.165, 1.54) is 19.3 Å². The van der Waals surface area contributed by atoms with Crippen molar-refractivity contribution in [2.24, 2.45) is 11.3 Å². The first-order valence-electron chi connectivity index (χ1n) is 6.73. The van der Waals surface area contributed by atoms with E-state index in [0.29, 0.717) is 23.5 Å². The molecular formula is C14H29NO. The molecule has 0 spiro atoms. The number of rotatable bonds is 4. The second-order valence-electron chi connectivity index (χ2n) is 6.64. The third-order valence-corrected chi connectivity index (χ3v) is 3.18. The monoisotopic (exact) mass is 227 g/mol. The maximum atomic E-state index is 5.96. The highest BCUT2D eigenvalue weighted by Crippen LogP contribution is 2.30. The molecule has 2 nitrogen and oxygen atoms in total. The van der Waals surface area contributed by atoms with Gasteiger partial charge in [-0.05, 0) is 30.6 Å². The SMILES string of the molecule is CC(C)NCC1CCCOC1CC(C)(C)C. The van der Waals surface area contributed by atoms with Gasteiger partial charge in [-0.15, -0.1) is 0 Å². The Hall–Kier alpha value is -0.0800. The minimum absolute atomic E-state index is 0.373. The Labute approximate surface area is 101 Å². The Morgan fingerprint density at radius 2 is 2.00 bits per heavy atom. The topological polar surface area (TPSA) is 21.3 Å². The lowest BCUT2D eigenvalue weighted by atomic mass is 9.82. The molecule has 1 N–H and O–H groups in total. The molecule has 0 saturated carbocycles. The van der Waals surface area contributed by atoms with Crippen molar-refractivity contribution in [3.05, 3.63) is 0 Å². The third-order valence-electron chi connectivity index (χ3n) is 3.18. The van der Waals surface area contributed by atoms with Gasteiger partial charge < -0.3 is 10.1 Å². The number of hydrogen-bond donors (Lipinski definition) is 1. The Morgan fingerprint density at radius 3 is 2.56 bits per heavy atom. The lowest BCUT2D eigenvalue weighted by Crippen LogP contribution is -2.40. The Morgan fingerprint density at radius 1 is 1.31 bits per heavy atom. The standard InChI is InChI=1S/C14H29NO/c1-11(2)15-10-12-7-6-8-16-13(12)9-14(3,4)5/h11-13,15H,6-10H2,1-5H3. The van der Waals surface area contributed by atoms with E-state index in [1.807, 2.05) is 0 Å². The molecule has 2 unspecified atom stereocenters. The van der Waals surface area contributed by atoms with Crippen LogP contribution in [0, 0.1) is 11.3 Å². The normalized spacial score (nSPS) is 27.4. The van der Waals surface area contributed by atoms with E-state index in [0.717, 1.165) is 13.2 Å². The summed E-state index contributed by atoms with van der Waals surface area (Å²) in [6.45, 7) is 13.4. The van der Waals surface area contributed by atoms with Crippen LogP contribution in [-0.2, 0) is 4.74 Å². The molecule has 96 valence electrons. The highest BCUT2D eigenvalue weighted by Gasteiger charge is 2.29. The highest BCUT2D eigenvalue weighted by atomic mass is 16.5. The molecular weight excluding hydrogens is 198 g/mol. The fraction of sp³-hybridized carbons (Fsp3) is 1.00.